The first kappa shape index (κ1) is 22.4. The molecule has 2 aromatic carbocycles. The molecule has 164 valence electrons. The van der Waals surface area contributed by atoms with E-state index in [1.54, 1.807) is 24.5 Å². The Labute approximate surface area is 196 Å². The minimum atomic E-state index is -3.54. The Hall–Kier alpha value is -1.80. The zero-order chi connectivity index (χ0) is 22.0. The molecule has 1 aliphatic rings. The highest BCUT2D eigenvalue weighted by Gasteiger charge is 2.33. The van der Waals surface area contributed by atoms with Crippen molar-refractivity contribution in [1.29, 1.82) is 0 Å². The minimum Gasteiger partial charge on any atom is -0.496 e. The number of sulfone groups is 1. The van der Waals surface area contributed by atoms with Crippen LogP contribution in [0, 0.1) is 0 Å². The van der Waals surface area contributed by atoms with Crippen LogP contribution in [0.15, 0.2) is 52.7 Å². The van der Waals surface area contributed by atoms with E-state index in [-0.39, 0.29) is 9.92 Å². The predicted octanol–water partition coefficient (Wildman–Crippen LogP) is 5.49. The summed E-state index contributed by atoms with van der Waals surface area (Å²) in [5, 5.41) is 3.07. The number of benzene rings is 2. The van der Waals surface area contributed by atoms with Gasteiger partial charge in [0.2, 0.25) is 0 Å². The molecule has 1 saturated heterocycles. The van der Waals surface area contributed by atoms with Crippen molar-refractivity contribution in [2.45, 2.75) is 29.4 Å². The van der Waals surface area contributed by atoms with E-state index in [0.717, 1.165) is 22.1 Å². The maximum Gasteiger partial charge on any atom is 0.185 e. The molecule has 0 spiro atoms. The number of hydrogen-bond donors (Lipinski definition) is 0. The summed E-state index contributed by atoms with van der Waals surface area (Å²) >= 11 is 13.7. The molecular weight excluding hydrogens is 475 g/mol. The summed E-state index contributed by atoms with van der Waals surface area (Å²) in [4.78, 5) is 7.05. The zero-order valence-electron chi connectivity index (χ0n) is 16.9. The first-order valence-electron chi connectivity index (χ1n) is 9.88. The van der Waals surface area contributed by atoms with Crippen molar-refractivity contribution < 1.29 is 13.2 Å². The Morgan fingerprint density at radius 3 is 2.65 bits per heavy atom. The van der Waals surface area contributed by atoms with Crippen molar-refractivity contribution >= 4 is 49.5 Å². The Balaban J connectivity index is 1.43. The summed E-state index contributed by atoms with van der Waals surface area (Å²) < 4.78 is 31.6. The number of ether oxygens (including phenoxy) is 1. The standard InChI is InChI=1S/C22H22Cl2N2O3S2/c1-29-20-5-3-2-4-15(20)12-17-14-30-22(25-17)26-10-8-18(9-11-26)31(27,28)21-13-16(23)6-7-19(21)24/h2-7,13-14,18H,8-12H2,1H3. The molecule has 1 aromatic heterocycles. The van der Waals surface area contributed by atoms with Gasteiger partial charge in [-0.05, 0) is 37.1 Å². The van der Waals surface area contributed by atoms with Gasteiger partial charge in [0.05, 0.1) is 28.0 Å². The van der Waals surface area contributed by atoms with Crippen LogP contribution in [-0.4, -0.2) is 38.9 Å². The monoisotopic (exact) mass is 496 g/mol. The smallest absolute Gasteiger partial charge is 0.185 e. The Morgan fingerprint density at radius 2 is 1.90 bits per heavy atom. The predicted molar refractivity (Wildman–Crippen MR) is 127 cm³/mol. The van der Waals surface area contributed by atoms with Crippen molar-refractivity contribution in [3.05, 3.63) is 69.1 Å². The molecule has 5 nitrogen and oxygen atoms in total. The molecule has 0 unspecified atom stereocenters. The molecule has 0 saturated carbocycles. The highest BCUT2D eigenvalue weighted by molar-refractivity contribution is 7.92. The summed E-state index contributed by atoms with van der Waals surface area (Å²) in [6.45, 7) is 1.26. The number of halogens is 2. The Bertz CT molecular complexity index is 1170. The third-order valence-corrected chi connectivity index (χ3v) is 9.38. The lowest BCUT2D eigenvalue weighted by Gasteiger charge is -2.31. The summed E-state index contributed by atoms with van der Waals surface area (Å²) in [5.74, 6) is 0.850. The van der Waals surface area contributed by atoms with E-state index in [1.165, 1.54) is 12.1 Å². The van der Waals surface area contributed by atoms with Crippen molar-refractivity contribution in [2.24, 2.45) is 0 Å². The van der Waals surface area contributed by atoms with E-state index >= 15 is 0 Å². The van der Waals surface area contributed by atoms with Gasteiger partial charge in [0.1, 0.15) is 5.75 Å². The molecule has 0 aliphatic carbocycles. The summed E-state index contributed by atoms with van der Waals surface area (Å²) in [5.41, 5.74) is 2.06. The maximum atomic E-state index is 13.1. The van der Waals surface area contributed by atoms with E-state index < -0.39 is 15.1 Å². The average Bonchev–Trinajstić information content (AvgIpc) is 3.24. The molecule has 0 amide bonds. The quantitative estimate of drug-likeness (QED) is 0.451. The molecular formula is C22H22Cl2N2O3S2. The van der Waals surface area contributed by atoms with Crippen molar-refractivity contribution in [3.8, 4) is 5.75 Å². The van der Waals surface area contributed by atoms with Gasteiger partial charge in [0.25, 0.3) is 0 Å². The largest absolute Gasteiger partial charge is 0.496 e. The molecule has 0 bridgehead atoms. The fourth-order valence-electron chi connectivity index (χ4n) is 3.80. The van der Waals surface area contributed by atoms with E-state index in [1.807, 2.05) is 24.3 Å². The van der Waals surface area contributed by atoms with Crippen LogP contribution in [0.4, 0.5) is 5.13 Å². The second-order valence-electron chi connectivity index (χ2n) is 7.42. The second kappa shape index (κ2) is 9.36. The van der Waals surface area contributed by atoms with Crippen molar-refractivity contribution in [1.82, 2.24) is 4.98 Å². The molecule has 4 rings (SSSR count). The third-order valence-electron chi connectivity index (χ3n) is 5.45. The molecule has 9 heteroatoms. The number of para-hydroxylation sites is 1. The SMILES string of the molecule is COc1ccccc1Cc1csc(N2CCC(S(=O)(=O)c3cc(Cl)ccc3Cl)CC2)n1. The molecule has 3 aromatic rings. The van der Waals surface area contributed by atoms with Crippen molar-refractivity contribution in [3.63, 3.8) is 0 Å². The average molecular weight is 497 g/mol. The molecule has 31 heavy (non-hydrogen) atoms. The summed E-state index contributed by atoms with van der Waals surface area (Å²) in [6, 6.07) is 12.5. The van der Waals surface area contributed by atoms with Gasteiger partial charge in [0, 0.05) is 35.5 Å². The highest BCUT2D eigenvalue weighted by atomic mass is 35.5. The van der Waals surface area contributed by atoms with Crippen LogP contribution in [-0.2, 0) is 16.3 Å². The van der Waals surface area contributed by atoms with E-state index in [0.29, 0.717) is 37.4 Å². The first-order chi connectivity index (χ1) is 14.9. The van der Waals surface area contributed by atoms with Gasteiger partial charge < -0.3 is 9.64 Å². The topological polar surface area (TPSA) is 59.5 Å². The van der Waals surface area contributed by atoms with E-state index in [9.17, 15) is 8.42 Å². The summed E-state index contributed by atoms with van der Waals surface area (Å²) in [7, 11) is -1.87. The molecule has 1 fully saturated rings. The number of hydrogen-bond acceptors (Lipinski definition) is 6. The fraction of sp³-hybridized carbons (Fsp3) is 0.318. The molecule has 2 heterocycles. The van der Waals surface area contributed by atoms with Crippen LogP contribution >= 0.6 is 34.5 Å². The molecule has 0 radical (unpaired) electrons. The lowest BCUT2D eigenvalue weighted by atomic mass is 10.1. The van der Waals surface area contributed by atoms with Crippen LogP contribution in [0.2, 0.25) is 10.0 Å². The number of thiazole rings is 1. The maximum absolute atomic E-state index is 13.1. The Morgan fingerprint density at radius 1 is 1.16 bits per heavy atom. The highest BCUT2D eigenvalue weighted by Crippen LogP contribution is 2.33. The fourth-order valence-corrected chi connectivity index (χ4v) is 7.18. The Kier molecular flexibility index (Phi) is 6.77. The van der Waals surface area contributed by atoms with Gasteiger partial charge in [-0.15, -0.1) is 11.3 Å². The number of anilines is 1. The lowest BCUT2D eigenvalue weighted by Crippen LogP contribution is -2.39. The van der Waals surface area contributed by atoms with Gasteiger partial charge in [-0.1, -0.05) is 41.4 Å². The zero-order valence-corrected chi connectivity index (χ0v) is 20.1. The number of aromatic nitrogens is 1. The molecule has 0 N–H and O–H groups in total. The number of nitrogens with zero attached hydrogens (tertiary/aromatic N) is 2. The number of methoxy groups -OCH3 is 1. The van der Waals surface area contributed by atoms with Gasteiger partial charge in [0.15, 0.2) is 15.0 Å². The van der Waals surface area contributed by atoms with E-state index in [4.69, 9.17) is 32.9 Å². The number of piperidine rings is 1. The van der Waals surface area contributed by atoms with Gasteiger partial charge >= 0.3 is 0 Å². The lowest BCUT2D eigenvalue weighted by molar-refractivity contribution is 0.410. The number of rotatable bonds is 6. The van der Waals surface area contributed by atoms with Gasteiger partial charge in [-0.25, -0.2) is 13.4 Å². The normalized spacial score (nSPS) is 15.3. The van der Waals surface area contributed by atoms with Gasteiger partial charge in [-0.3, -0.25) is 0 Å². The van der Waals surface area contributed by atoms with Crippen LogP contribution in [0.1, 0.15) is 24.1 Å². The van der Waals surface area contributed by atoms with E-state index in [2.05, 4.69) is 10.3 Å². The van der Waals surface area contributed by atoms with Crippen LogP contribution < -0.4 is 9.64 Å². The van der Waals surface area contributed by atoms with Crippen LogP contribution in [0.5, 0.6) is 5.75 Å². The third kappa shape index (κ3) is 4.85. The van der Waals surface area contributed by atoms with Crippen LogP contribution in [0.25, 0.3) is 0 Å². The van der Waals surface area contributed by atoms with Crippen molar-refractivity contribution in [2.75, 3.05) is 25.1 Å². The second-order valence-corrected chi connectivity index (χ2v) is 11.3. The first-order valence-corrected chi connectivity index (χ1v) is 13.1. The molecule has 1 aliphatic heterocycles. The minimum absolute atomic E-state index is 0.119. The van der Waals surface area contributed by atoms with Gasteiger partial charge in [-0.2, -0.15) is 0 Å². The van der Waals surface area contributed by atoms with Crippen LogP contribution in [0.3, 0.4) is 0 Å². The molecule has 0 atom stereocenters. The summed E-state index contributed by atoms with van der Waals surface area (Å²) in [6.07, 6.45) is 1.73.